The van der Waals surface area contributed by atoms with Gasteiger partial charge in [0.15, 0.2) is 0 Å². The second kappa shape index (κ2) is 3.71. The molecule has 6 heavy (non-hydrogen) atoms. The Morgan fingerprint density at radius 2 is 1.50 bits per heavy atom. The van der Waals surface area contributed by atoms with E-state index in [0.717, 1.165) is 0 Å². The first-order valence-corrected chi connectivity index (χ1v) is 2.30. The third-order valence-electron chi connectivity index (χ3n) is 0. The summed E-state index contributed by atoms with van der Waals surface area (Å²) in [6, 6.07) is 0. The summed E-state index contributed by atoms with van der Waals surface area (Å²) in [5.41, 5.74) is 0. The molecular weight excluding hydrogens is 142 g/mol. The van der Waals surface area contributed by atoms with Crippen molar-refractivity contribution in [3.8, 4) is 0 Å². The molecular formula is H2KO4P. The number of hydrogen-bond acceptors (Lipinski definition) is 2. The molecule has 4 nitrogen and oxygen atoms in total. The van der Waals surface area contributed by atoms with Gasteiger partial charge in [-0.1, -0.05) is 0 Å². The van der Waals surface area contributed by atoms with Crippen LogP contribution in [0.3, 0.4) is 0 Å². The summed E-state index contributed by atoms with van der Waals surface area (Å²) in [6.07, 6.45) is 0. The summed E-state index contributed by atoms with van der Waals surface area (Å²) in [5.74, 6) is 0. The topological polar surface area (TPSA) is 80.6 Å². The Bertz CT molecular complexity index is 53.7. The SMILES string of the molecule is [18O]=P([18O-])([18OH])[18OH].[K+]. The van der Waals surface area contributed by atoms with E-state index >= 15 is 0 Å². The normalized spacial score (nSPS) is 9.83. The van der Waals surface area contributed by atoms with Gasteiger partial charge in [-0.2, -0.15) is 0 Å². The van der Waals surface area contributed by atoms with Crippen molar-refractivity contribution in [2.24, 2.45) is 0 Å². The number of rotatable bonds is 0. The maximum absolute atomic E-state index is 8.77. The van der Waals surface area contributed by atoms with Crippen molar-refractivity contribution in [1.29, 1.82) is 0 Å². The molecule has 0 atom stereocenters. The smallest absolute Gasteiger partial charge is 0.756 e. The first kappa shape index (κ1) is 10.7. The summed E-state index contributed by atoms with van der Waals surface area (Å²) in [7, 11) is -4.89. The number of hydrogen-bond donors (Lipinski definition) is 2. The summed E-state index contributed by atoms with van der Waals surface area (Å²) in [6.45, 7) is 0. The summed E-state index contributed by atoms with van der Waals surface area (Å²) >= 11 is 0. The summed E-state index contributed by atoms with van der Waals surface area (Å²) in [4.78, 5) is 22.9. The van der Waals surface area contributed by atoms with E-state index < -0.39 is 7.82 Å². The zero-order valence-electron chi connectivity index (χ0n) is 3.16. The van der Waals surface area contributed by atoms with Crippen molar-refractivity contribution < 1.29 is 70.6 Å². The molecule has 0 aromatic heterocycles. The van der Waals surface area contributed by atoms with E-state index in [1.165, 1.54) is 0 Å². The fraction of sp³-hybridized carbons (Fsp3) is 0. The van der Waals surface area contributed by atoms with Crippen LogP contribution in [0.15, 0.2) is 0 Å². The summed E-state index contributed by atoms with van der Waals surface area (Å²) in [5, 5.41) is 0. The van der Waals surface area contributed by atoms with Gasteiger partial charge < -0.3 is 14.7 Å². The molecule has 0 aromatic rings. The van der Waals surface area contributed by atoms with Crippen LogP contribution < -0.4 is 56.3 Å². The maximum Gasteiger partial charge on any atom is 1.00 e. The predicted octanol–water partition coefficient (Wildman–Crippen LogP) is -4.56. The Labute approximate surface area is 77.2 Å². The van der Waals surface area contributed by atoms with Crippen molar-refractivity contribution in [2.75, 3.05) is 0 Å². The largest absolute Gasteiger partial charge is 1.00 e. The van der Waals surface area contributed by atoms with Crippen LogP contribution in [-0.4, -0.2) is 9.79 Å². The van der Waals surface area contributed by atoms with Crippen molar-refractivity contribution >= 4 is 7.82 Å². The van der Waals surface area contributed by atoms with Gasteiger partial charge in [-0.05, 0) is 0 Å². The van der Waals surface area contributed by atoms with Crippen LogP contribution in [-0.2, 0) is 4.57 Å². The minimum absolute atomic E-state index is 0. The Balaban J connectivity index is 0. The van der Waals surface area contributed by atoms with Gasteiger partial charge >= 0.3 is 51.4 Å². The van der Waals surface area contributed by atoms with Crippen LogP contribution in [0, 0.1) is 0 Å². The molecule has 0 aliphatic heterocycles. The predicted molar refractivity (Wildman–Crippen MR) is 12.0 cm³/mol. The molecule has 0 aliphatic rings. The first-order valence-electron chi connectivity index (χ1n) is 0.765. The molecule has 0 spiro atoms. The first-order chi connectivity index (χ1) is 2.00. The average Bonchev–Trinajstić information content (AvgIpc) is 0.722. The minimum Gasteiger partial charge on any atom is -0.756 e. The van der Waals surface area contributed by atoms with Crippen molar-refractivity contribution in [3.05, 3.63) is 0 Å². The molecule has 0 aromatic carbocycles. The molecule has 2 N–H and O–H groups in total. The molecule has 6 heteroatoms. The van der Waals surface area contributed by atoms with Gasteiger partial charge in [0.25, 0.3) is 7.82 Å². The summed E-state index contributed by atoms with van der Waals surface area (Å²) < 4.78 is 8.77. The molecule has 0 amide bonds. The van der Waals surface area contributed by atoms with Crippen LogP contribution in [0.5, 0.6) is 0 Å². The van der Waals surface area contributed by atoms with E-state index in [4.69, 9.17) is 19.2 Å². The van der Waals surface area contributed by atoms with Gasteiger partial charge in [-0.15, -0.1) is 0 Å². The fourth-order valence-electron chi connectivity index (χ4n) is 0. The van der Waals surface area contributed by atoms with E-state index in [1.807, 2.05) is 0 Å². The van der Waals surface area contributed by atoms with Gasteiger partial charge in [0.2, 0.25) is 0 Å². The molecule has 0 radical (unpaired) electrons. The molecule has 32 valence electrons. The van der Waals surface area contributed by atoms with Crippen molar-refractivity contribution in [3.63, 3.8) is 0 Å². The molecule has 0 fully saturated rings. The van der Waals surface area contributed by atoms with Crippen LogP contribution in [0.2, 0.25) is 0 Å². The Kier molecular flexibility index (Phi) is 6.61. The van der Waals surface area contributed by atoms with Gasteiger partial charge in [0.1, 0.15) is 0 Å². The molecule has 0 rings (SSSR count). The van der Waals surface area contributed by atoms with Crippen LogP contribution in [0.25, 0.3) is 0 Å². The third-order valence-corrected chi connectivity index (χ3v) is 0. The zero-order valence-corrected chi connectivity index (χ0v) is 7.18. The molecule has 0 saturated carbocycles. The standard InChI is InChI=1S/K.H3O4P/c;1-5(2,3)4/h;(H3,1,2,3,4)/q+1;/p-1/i;1+2,2+2,3+2,4+2. The van der Waals surface area contributed by atoms with Crippen molar-refractivity contribution in [2.45, 2.75) is 0 Å². The Morgan fingerprint density at radius 1 is 1.50 bits per heavy atom. The van der Waals surface area contributed by atoms with E-state index in [9.17, 15) is 0 Å². The van der Waals surface area contributed by atoms with E-state index in [0.29, 0.717) is 0 Å². The maximum atomic E-state index is 8.77. The number of phosphoric acid groups is 1. The monoisotopic (exact) mass is 144 g/mol. The third kappa shape index (κ3) is 42.4. The molecule has 0 aliphatic carbocycles. The van der Waals surface area contributed by atoms with Crippen LogP contribution in [0.4, 0.5) is 0 Å². The second-order valence-corrected chi connectivity index (χ2v) is 1.47. The molecule has 0 heterocycles. The molecule has 0 saturated heterocycles. The second-order valence-electron chi connectivity index (χ2n) is 0.491. The average molecular weight is 144 g/mol. The Morgan fingerprint density at radius 3 is 1.50 bits per heavy atom. The molecule has 0 bridgehead atoms. The van der Waals surface area contributed by atoms with E-state index in [-0.39, 0.29) is 51.4 Å². The van der Waals surface area contributed by atoms with Crippen molar-refractivity contribution in [1.82, 2.24) is 0 Å². The fourth-order valence-corrected chi connectivity index (χ4v) is 0. The van der Waals surface area contributed by atoms with Crippen LogP contribution in [0.1, 0.15) is 0 Å². The van der Waals surface area contributed by atoms with E-state index in [1.54, 1.807) is 0 Å². The van der Waals surface area contributed by atoms with Gasteiger partial charge in [0.05, 0.1) is 0 Å². The molecule has 0 unspecified atom stereocenters. The quantitative estimate of drug-likeness (QED) is 0.204. The van der Waals surface area contributed by atoms with Gasteiger partial charge in [-0.25, -0.2) is 0 Å². The Hall–Kier alpha value is 1.75. The van der Waals surface area contributed by atoms with E-state index in [2.05, 4.69) is 0 Å². The zero-order chi connectivity index (χ0) is 4.50. The minimum atomic E-state index is -4.89. The van der Waals surface area contributed by atoms with Gasteiger partial charge in [0, 0.05) is 0 Å². The van der Waals surface area contributed by atoms with Crippen LogP contribution >= 0.6 is 7.82 Å². The van der Waals surface area contributed by atoms with Gasteiger partial charge in [-0.3, -0.25) is 4.57 Å².